The molecule has 0 aliphatic rings. The van der Waals surface area contributed by atoms with Gasteiger partial charge in [0.15, 0.2) is 11.5 Å². The number of hydrogen-bond donors (Lipinski definition) is 1. The van der Waals surface area contributed by atoms with Crippen LogP contribution >= 0.6 is 23.2 Å². The monoisotopic (exact) mass is 729 g/mol. The number of ether oxygens (including phenoxy) is 2. The zero-order valence-corrected chi connectivity index (χ0v) is 29.9. The maximum atomic E-state index is 14.6. The summed E-state index contributed by atoms with van der Waals surface area (Å²) >= 11 is 12.7. The topological polar surface area (TPSA) is 105 Å². The molecule has 4 aromatic carbocycles. The van der Waals surface area contributed by atoms with Gasteiger partial charge in [-0.05, 0) is 65.6 Å². The van der Waals surface area contributed by atoms with Gasteiger partial charge in [-0.1, -0.05) is 73.4 Å². The maximum Gasteiger partial charge on any atom is 0.264 e. The first-order chi connectivity index (χ1) is 23.3. The van der Waals surface area contributed by atoms with Crippen LogP contribution < -0.4 is 19.1 Å². The lowest BCUT2D eigenvalue weighted by Crippen LogP contribution is -2.53. The van der Waals surface area contributed by atoms with Crippen LogP contribution in [0.4, 0.5) is 10.1 Å². The molecule has 4 rings (SSSR count). The van der Waals surface area contributed by atoms with Crippen LogP contribution in [0, 0.1) is 11.7 Å². The average molecular weight is 731 g/mol. The van der Waals surface area contributed by atoms with Crippen molar-refractivity contribution in [3.8, 4) is 11.5 Å². The number of amides is 2. The van der Waals surface area contributed by atoms with Gasteiger partial charge in [0.05, 0.1) is 24.8 Å². The first-order valence-electron chi connectivity index (χ1n) is 15.4. The van der Waals surface area contributed by atoms with E-state index in [0.717, 1.165) is 22.0 Å². The molecule has 0 aromatic heterocycles. The van der Waals surface area contributed by atoms with Crippen molar-refractivity contribution in [3.05, 3.63) is 118 Å². The summed E-state index contributed by atoms with van der Waals surface area (Å²) in [5, 5.41) is 3.58. The van der Waals surface area contributed by atoms with Gasteiger partial charge in [-0.2, -0.15) is 0 Å². The van der Waals surface area contributed by atoms with Crippen molar-refractivity contribution in [1.29, 1.82) is 0 Å². The number of nitrogens with zero attached hydrogens (tertiary/aromatic N) is 2. The fourth-order valence-corrected chi connectivity index (χ4v) is 6.95. The molecule has 9 nitrogen and oxygen atoms in total. The summed E-state index contributed by atoms with van der Waals surface area (Å²) in [5.41, 5.74) is 1.30. The van der Waals surface area contributed by atoms with Crippen LogP contribution in [0.25, 0.3) is 0 Å². The Balaban J connectivity index is 1.84. The predicted molar refractivity (Wildman–Crippen MR) is 189 cm³/mol. The Kier molecular flexibility index (Phi) is 12.9. The van der Waals surface area contributed by atoms with Crippen molar-refractivity contribution in [2.45, 2.75) is 37.8 Å². The number of carbonyl (C=O) groups excluding carboxylic acids is 2. The zero-order valence-electron chi connectivity index (χ0n) is 27.5. The third kappa shape index (κ3) is 9.65. The molecule has 260 valence electrons. The Morgan fingerprint density at radius 3 is 2.16 bits per heavy atom. The normalized spacial score (nSPS) is 11.9. The fourth-order valence-electron chi connectivity index (χ4n) is 5.05. The lowest BCUT2D eigenvalue weighted by Gasteiger charge is -2.34. The Morgan fingerprint density at radius 1 is 0.878 bits per heavy atom. The molecule has 1 atom stereocenters. The molecule has 0 unspecified atom stereocenters. The van der Waals surface area contributed by atoms with Gasteiger partial charge in [0.1, 0.15) is 18.4 Å². The fraction of sp³-hybridized carbons (Fsp3) is 0.278. The van der Waals surface area contributed by atoms with Crippen molar-refractivity contribution < 1.29 is 31.9 Å². The third-order valence-corrected chi connectivity index (χ3v) is 10.0. The Bertz CT molecular complexity index is 1860. The van der Waals surface area contributed by atoms with E-state index in [-0.39, 0.29) is 40.2 Å². The van der Waals surface area contributed by atoms with Crippen LogP contribution in [0.3, 0.4) is 0 Å². The Labute approximate surface area is 296 Å². The molecule has 2 amide bonds. The number of nitrogens with one attached hydrogen (secondary N) is 1. The summed E-state index contributed by atoms with van der Waals surface area (Å²) in [6.45, 7) is 3.36. The van der Waals surface area contributed by atoms with Crippen LogP contribution in [0.5, 0.6) is 11.5 Å². The smallest absolute Gasteiger partial charge is 0.264 e. The maximum absolute atomic E-state index is 14.6. The lowest BCUT2D eigenvalue weighted by molar-refractivity contribution is -0.140. The Hall–Kier alpha value is -4.32. The number of hydrogen-bond acceptors (Lipinski definition) is 6. The first kappa shape index (κ1) is 37.5. The largest absolute Gasteiger partial charge is 0.493 e. The lowest BCUT2D eigenvalue weighted by atomic mass is 10.0. The molecule has 0 aliphatic carbocycles. The number of rotatable bonds is 15. The summed E-state index contributed by atoms with van der Waals surface area (Å²) < 4.78 is 54.2. The van der Waals surface area contributed by atoms with Crippen molar-refractivity contribution in [2.24, 2.45) is 5.92 Å². The number of anilines is 1. The van der Waals surface area contributed by atoms with E-state index < -0.39 is 40.2 Å². The van der Waals surface area contributed by atoms with E-state index in [0.29, 0.717) is 22.9 Å². The number of benzene rings is 4. The van der Waals surface area contributed by atoms with Gasteiger partial charge in [0, 0.05) is 35.6 Å². The summed E-state index contributed by atoms with van der Waals surface area (Å²) in [6.07, 6.45) is 0.126. The molecular weight excluding hydrogens is 692 g/mol. The quantitative estimate of drug-likeness (QED) is 0.145. The van der Waals surface area contributed by atoms with Gasteiger partial charge in [0.2, 0.25) is 11.8 Å². The second-order valence-electron chi connectivity index (χ2n) is 11.6. The van der Waals surface area contributed by atoms with Gasteiger partial charge in [-0.3, -0.25) is 13.9 Å². The second-order valence-corrected chi connectivity index (χ2v) is 14.3. The molecule has 0 aliphatic heterocycles. The van der Waals surface area contributed by atoms with Crippen LogP contribution in [0.15, 0.2) is 95.9 Å². The van der Waals surface area contributed by atoms with Crippen LogP contribution in [-0.2, 0) is 32.6 Å². The number of sulfonamides is 1. The second kappa shape index (κ2) is 16.9. The van der Waals surface area contributed by atoms with Gasteiger partial charge in [-0.15, -0.1) is 0 Å². The molecule has 49 heavy (non-hydrogen) atoms. The van der Waals surface area contributed by atoms with E-state index in [1.165, 1.54) is 55.5 Å². The molecule has 0 fully saturated rings. The highest BCUT2D eigenvalue weighted by molar-refractivity contribution is 7.92. The first-order valence-corrected chi connectivity index (χ1v) is 17.6. The molecule has 0 saturated heterocycles. The minimum absolute atomic E-state index is 0.0258. The molecule has 4 aromatic rings. The van der Waals surface area contributed by atoms with Crippen LogP contribution in [-0.4, -0.2) is 58.5 Å². The predicted octanol–water partition coefficient (Wildman–Crippen LogP) is 6.76. The summed E-state index contributed by atoms with van der Waals surface area (Å²) in [7, 11) is -1.70. The third-order valence-electron chi connectivity index (χ3n) is 7.65. The standard InChI is InChI=1S/C36H38Cl2FN3O6S/c1-24(2)21-40-36(44)32(18-25-8-6-5-7-9-25)41(22-26-10-11-27(37)19-31(26)38)35(43)23-42(29-14-12-28(39)13-15-29)49(45,46)30-16-17-33(47-3)34(20-30)48-4/h5-17,19-20,24,32H,18,21-23H2,1-4H3,(H,40,44)/t32-/m0/s1. The van der Waals surface area contributed by atoms with Gasteiger partial charge in [0.25, 0.3) is 10.0 Å². The van der Waals surface area contributed by atoms with Crippen molar-refractivity contribution >= 4 is 50.7 Å². The van der Waals surface area contributed by atoms with Crippen LogP contribution in [0.1, 0.15) is 25.0 Å². The van der Waals surface area contributed by atoms with E-state index in [1.54, 1.807) is 12.1 Å². The summed E-state index contributed by atoms with van der Waals surface area (Å²) in [4.78, 5) is 29.6. The minimum atomic E-state index is -4.48. The van der Waals surface area contributed by atoms with Crippen molar-refractivity contribution in [1.82, 2.24) is 10.2 Å². The summed E-state index contributed by atoms with van der Waals surface area (Å²) in [5.74, 6) is -1.16. The molecule has 13 heteroatoms. The van der Waals surface area contributed by atoms with E-state index >= 15 is 0 Å². The molecule has 0 radical (unpaired) electrons. The van der Waals surface area contributed by atoms with Gasteiger partial charge < -0.3 is 19.7 Å². The number of halogens is 3. The summed E-state index contributed by atoms with van der Waals surface area (Å²) in [6, 6.07) is 21.6. The van der Waals surface area contributed by atoms with E-state index in [4.69, 9.17) is 32.7 Å². The number of methoxy groups -OCH3 is 2. The molecule has 0 saturated carbocycles. The molecule has 0 bridgehead atoms. The van der Waals surface area contributed by atoms with Gasteiger partial charge in [-0.25, -0.2) is 12.8 Å². The van der Waals surface area contributed by atoms with E-state index in [9.17, 15) is 22.4 Å². The van der Waals surface area contributed by atoms with Crippen molar-refractivity contribution in [2.75, 3.05) is 31.6 Å². The number of carbonyl (C=O) groups is 2. The molecule has 0 heterocycles. The minimum Gasteiger partial charge on any atom is -0.493 e. The molecule has 1 N–H and O–H groups in total. The van der Waals surface area contributed by atoms with Gasteiger partial charge >= 0.3 is 0 Å². The molecule has 0 spiro atoms. The van der Waals surface area contributed by atoms with E-state index in [1.807, 2.05) is 44.2 Å². The van der Waals surface area contributed by atoms with E-state index in [2.05, 4.69) is 5.32 Å². The van der Waals surface area contributed by atoms with Crippen LogP contribution in [0.2, 0.25) is 10.0 Å². The highest BCUT2D eigenvalue weighted by atomic mass is 35.5. The molecular formula is C36H38Cl2FN3O6S. The Morgan fingerprint density at radius 2 is 1.55 bits per heavy atom. The zero-order chi connectivity index (χ0) is 35.7. The highest BCUT2D eigenvalue weighted by Crippen LogP contribution is 2.33. The average Bonchev–Trinajstić information content (AvgIpc) is 3.08. The highest BCUT2D eigenvalue weighted by Gasteiger charge is 2.35. The SMILES string of the molecule is COc1ccc(S(=O)(=O)N(CC(=O)N(Cc2ccc(Cl)cc2Cl)[C@@H](Cc2ccccc2)C(=O)NCC(C)C)c2ccc(F)cc2)cc1OC. The van der Waals surface area contributed by atoms with Crippen molar-refractivity contribution in [3.63, 3.8) is 0 Å².